The van der Waals surface area contributed by atoms with E-state index in [-0.39, 0.29) is 12.2 Å². The highest BCUT2D eigenvalue weighted by Crippen LogP contribution is 2.34. The molecule has 1 saturated heterocycles. The van der Waals surface area contributed by atoms with Crippen LogP contribution in [0.1, 0.15) is 90.4 Å². The highest BCUT2D eigenvalue weighted by molar-refractivity contribution is 4.88. The molecule has 1 aliphatic heterocycles. The Morgan fingerprint density at radius 1 is 0.833 bits per heavy atom. The van der Waals surface area contributed by atoms with Crippen LogP contribution in [0.15, 0.2) is 0 Å². The second-order valence-corrected chi connectivity index (χ2v) is 7.91. The van der Waals surface area contributed by atoms with Crippen molar-refractivity contribution in [2.45, 2.75) is 96.7 Å². The van der Waals surface area contributed by atoms with Crippen LogP contribution in [0, 0.1) is 29.1 Å². The molecule has 0 unspecified atom stereocenters. The molecule has 1 saturated carbocycles. The summed E-state index contributed by atoms with van der Waals surface area (Å²) in [7, 11) is 0. The van der Waals surface area contributed by atoms with E-state index in [1.807, 2.05) is 0 Å². The van der Waals surface area contributed by atoms with Gasteiger partial charge in [0.05, 0.1) is 19.3 Å². The van der Waals surface area contributed by atoms with E-state index in [2.05, 4.69) is 13.0 Å². The SMILES string of the molecule is CCCCCCCCCC[C@H]1CO[C@H]([C@H]2CC[C@H](C#N)CC2)OC1. The summed E-state index contributed by atoms with van der Waals surface area (Å²) in [5, 5.41) is 8.98. The predicted molar refractivity (Wildman–Crippen MR) is 97.5 cm³/mol. The van der Waals surface area contributed by atoms with Gasteiger partial charge in [-0.25, -0.2) is 0 Å². The van der Waals surface area contributed by atoms with Gasteiger partial charge >= 0.3 is 0 Å². The third-order valence-corrected chi connectivity index (χ3v) is 5.80. The normalized spacial score (nSPS) is 30.8. The molecule has 0 radical (unpaired) electrons. The number of nitriles is 1. The van der Waals surface area contributed by atoms with Crippen molar-refractivity contribution in [1.29, 1.82) is 5.26 Å². The highest BCUT2D eigenvalue weighted by atomic mass is 16.7. The fraction of sp³-hybridized carbons (Fsp3) is 0.952. The van der Waals surface area contributed by atoms with Gasteiger partial charge in [-0.05, 0) is 32.1 Å². The van der Waals surface area contributed by atoms with Crippen molar-refractivity contribution in [1.82, 2.24) is 0 Å². The molecule has 2 aliphatic rings. The van der Waals surface area contributed by atoms with Crippen LogP contribution in [-0.4, -0.2) is 19.5 Å². The molecule has 0 bridgehead atoms. The standard InChI is InChI=1S/C21H37NO2/c1-2-3-4-5-6-7-8-9-10-19-16-23-21(24-17-19)20-13-11-18(15-22)12-14-20/h18-21H,2-14,16-17H2,1H3/t18-,19-,20-,21-. The van der Waals surface area contributed by atoms with Crippen LogP contribution in [0.4, 0.5) is 0 Å². The minimum Gasteiger partial charge on any atom is -0.352 e. The second kappa shape index (κ2) is 11.9. The third-order valence-electron chi connectivity index (χ3n) is 5.80. The number of unbranched alkanes of at least 4 members (excludes halogenated alkanes) is 7. The van der Waals surface area contributed by atoms with E-state index in [4.69, 9.17) is 14.7 Å². The van der Waals surface area contributed by atoms with E-state index < -0.39 is 0 Å². The number of nitrogens with zero attached hydrogens (tertiary/aromatic N) is 1. The molecule has 138 valence electrons. The Hall–Kier alpha value is -0.590. The molecule has 0 spiro atoms. The Morgan fingerprint density at radius 3 is 2.00 bits per heavy atom. The molecule has 0 atom stereocenters. The Morgan fingerprint density at radius 2 is 1.42 bits per heavy atom. The molecule has 0 N–H and O–H groups in total. The summed E-state index contributed by atoms with van der Waals surface area (Å²) in [6, 6.07) is 2.40. The molecule has 0 aromatic heterocycles. The highest BCUT2D eigenvalue weighted by Gasteiger charge is 2.32. The summed E-state index contributed by atoms with van der Waals surface area (Å²) in [6.07, 6.45) is 16.5. The molecule has 1 aliphatic carbocycles. The van der Waals surface area contributed by atoms with Crippen LogP contribution < -0.4 is 0 Å². The van der Waals surface area contributed by atoms with Gasteiger partial charge in [-0.1, -0.05) is 58.3 Å². The first-order chi connectivity index (χ1) is 11.8. The molecule has 2 fully saturated rings. The third kappa shape index (κ3) is 7.11. The molecule has 0 aromatic carbocycles. The van der Waals surface area contributed by atoms with Gasteiger partial charge < -0.3 is 9.47 Å². The number of hydrogen-bond acceptors (Lipinski definition) is 3. The van der Waals surface area contributed by atoms with E-state index in [0.717, 1.165) is 38.9 Å². The van der Waals surface area contributed by atoms with Gasteiger partial charge in [-0.2, -0.15) is 5.26 Å². The quantitative estimate of drug-likeness (QED) is 0.471. The average Bonchev–Trinajstić information content (AvgIpc) is 2.64. The van der Waals surface area contributed by atoms with Crippen molar-refractivity contribution >= 4 is 0 Å². The lowest BCUT2D eigenvalue weighted by Gasteiger charge is -2.36. The number of rotatable bonds is 10. The molecular formula is C21H37NO2. The smallest absolute Gasteiger partial charge is 0.160 e. The average molecular weight is 336 g/mol. The van der Waals surface area contributed by atoms with E-state index in [9.17, 15) is 0 Å². The van der Waals surface area contributed by atoms with Crippen LogP contribution >= 0.6 is 0 Å². The van der Waals surface area contributed by atoms with E-state index in [1.54, 1.807) is 0 Å². The van der Waals surface area contributed by atoms with Crippen molar-refractivity contribution in [3.63, 3.8) is 0 Å². The summed E-state index contributed by atoms with van der Waals surface area (Å²) < 4.78 is 12.0. The molecule has 24 heavy (non-hydrogen) atoms. The van der Waals surface area contributed by atoms with Crippen molar-refractivity contribution in [3.8, 4) is 6.07 Å². The molecule has 0 amide bonds. The summed E-state index contributed by atoms with van der Waals surface area (Å²) in [6.45, 7) is 4.02. The van der Waals surface area contributed by atoms with Gasteiger partial charge in [-0.3, -0.25) is 0 Å². The zero-order valence-electron chi connectivity index (χ0n) is 15.7. The summed E-state index contributed by atoms with van der Waals surface area (Å²) in [4.78, 5) is 0. The Balaban J connectivity index is 1.47. The maximum atomic E-state index is 8.98. The first kappa shape index (κ1) is 19.7. The minimum absolute atomic E-state index is 0.000501. The number of hydrogen-bond donors (Lipinski definition) is 0. The Kier molecular flexibility index (Phi) is 9.76. The van der Waals surface area contributed by atoms with Crippen LogP contribution in [0.5, 0.6) is 0 Å². The summed E-state index contributed by atoms with van der Waals surface area (Å²) in [5.74, 6) is 1.37. The van der Waals surface area contributed by atoms with Crippen molar-refractivity contribution < 1.29 is 9.47 Å². The van der Waals surface area contributed by atoms with Crippen LogP contribution in [-0.2, 0) is 9.47 Å². The maximum Gasteiger partial charge on any atom is 0.160 e. The van der Waals surface area contributed by atoms with Crippen LogP contribution in [0.3, 0.4) is 0 Å². The fourth-order valence-electron chi connectivity index (χ4n) is 4.08. The predicted octanol–water partition coefficient (Wildman–Crippen LogP) is 5.84. The first-order valence-corrected chi connectivity index (χ1v) is 10.5. The molecule has 2 rings (SSSR count). The van der Waals surface area contributed by atoms with Gasteiger partial charge in [0.15, 0.2) is 6.29 Å². The Bertz CT molecular complexity index is 349. The van der Waals surface area contributed by atoms with E-state index in [1.165, 1.54) is 57.8 Å². The largest absolute Gasteiger partial charge is 0.352 e. The van der Waals surface area contributed by atoms with Crippen molar-refractivity contribution in [3.05, 3.63) is 0 Å². The van der Waals surface area contributed by atoms with Gasteiger partial charge in [0, 0.05) is 17.8 Å². The molecule has 1 heterocycles. The summed E-state index contributed by atoms with van der Waals surface area (Å²) in [5.41, 5.74) is 0. The van der Waals surface area contributed by atoms with E-state index in [0.29, 0.717) is 11.8 Å². The lowest BCUT2D eigenvalue weighted by Crippen LogP contribution is -2.38. The lowest BCUT2D eigenvalue weighted by atomic mass is 9.82. The number of ether oxygens (including phenoxy) is 2. The van der Waals surface area contributed by atoms with Crippen LogP contribution in [0.25, 0.3) is 0 Å². The zero-order valence-corrected chi connectivity index (χ0v) is 15.7. The van der Waals surface area contributed by atoms with Crippen molar-refractivity contribution in [2.24, 2.45) is 17.8 Å². The molecular weight excluding hydrogens is 298 g/mol. The van der Waals surface area contributed by atoms with E-state index >= 15 is 0 Å². The molecule has 0 aromatic rings. The summed E-state index contributed by atoms with van der Waals surface area (Å²) >= 11 is 0. The maximum absolute atomic E-state index is 8.98. The van der Waals surface area contributed by atoms with Crippen LogP contribution in [0.2, 0.25) is 0 Å². The monoisotopic (exact) mass is 335 g/mol. The van der Waals surface area contributed by atoms with Gasteiger partial charge in [-0.15, -0.1) is 0 Å². The zero-order chi connectivity index (χ0) is 17.0. The van der Waals surface area contributed by atoms with Gasteiger partial charge in [0.25, 0.3) is 0 Å². The van der Waals surface area contributed by atoms with Gasteiger partial charge in [0.1, 0.15) is 0 Å². The van der Waals surface area contributed by atoms with Crippen molar-refractivity contribution in [2.75, 3.05) is 13.2 Å². The second-order valence-electron chi connectivity index (χ2n) is 7.91. The molecule has 3 nitrogen and oxygen atoms in total. The topological polar surface area (TPSA) is 42.2 Å². The first-order valence-electron chi connectivity index (χ1n) is 10.5. The fourth-order valence-corrected chi connectivity index (χ4v) is 4.08. The Labute approximate surface area is 149 Å². The molecule has 3 heteroatoms. The lowest BCUT2D eigenvalue weighted by molar-refractivity contribution is -0.229. The minimum atomic E-state index is -0.000501. The van der Waals surface area contributed by atoms with Gasteiger partial charge in [0.2, 0.25) is 0 Å².